The van der Waals surface area contributed by atoms with Gasteiger partial charge in [0.25, 0.3) is 0 Å². The molecule has 84 valence electrons. The first-order valence-electron chi connectivity index (χ1n) is 5.52. The van der Waals surface area contributed by atoms with Gasteiger partial charge in [0.2, 0.25) is 0 Å². The maximum absolute atomic E-state index is 6.18. The number of nitrogens with two attached hydrogens (primary N) is 1. The van der Waals surface area contributed by atoms with Gasteiger partial charge in [0.05, 0.1) is 16.4 Å². The van der Waals surface area contributed by atoms with Crippen molar-refractivity contribution in [2.24, 2.45) is 12.8 Å². The molecule has 1 atom stereocenters. The van der Waals surface area contributed by atoms with Gasteiger partial charge in [-0.05, 0) is 41.6 Å². The summed E-state index contributed by atoms with van der Waals surface area (Å²) in [5.41, 5.74) is 7.59. The summed E-state index contributed by atoms with van der Waals surface area (Å²) in [4.78, 5) is 0. The number of hydrogen-bond acceptors (Lipinski definition) is 2. The summed E-state index contributed by atoms with van der Waals surface area (Å²) in [5.74, 6) is 0.527. The quantitative estimate of drug-likeness (QED) is 0.915. The molecule has 0 radical (unpaired) electrons. The van der Waals surface area contributed by atoms with Crippen molar-refractivity contribution in [2.75, 3.05) is 0 Å². The Morgan fingerprint density at radius 3 is 2.73 bits per heavy atom. The molecule has 3 nitrogen and oxygen atoms in total. The SMILES string of the molecule is CCC(CC1(N)CC1)c1c(Br)cnn1C. The fourth-order valence-electron chi connectivity index (χ4n) is 2.17. The van der Waals surface area contributed by atoms with E-state index in [1.54, 1.807) is 0 Å². The van der Waals surface area contributed by atoms with Crippen molar-refractivity contribution >= 4 is 15.9 Å². The first-order chi connectivity index (χ1) is 7.06. The van der Waals surface area contributed by atoms with Crippen molar-refractivity contribution in [3.63, 3.8) is 0 Å². The zero-order valence-electron chi connectivity index (χ0n) is 9.33. The third kappa shape index (κ3) is 2.26. The highest BCUT2D eigenvalue weighted by molar-refractivity contribution is 9.10. The van der Waals surface area contributed by atoms with Gasteiger partial charge in [0.15, 0.2) is 0 Å². The molecule has 0 bridgehead atoms. The summed E-state index contributed by atoms with van der Waals surface area (Å²) in [6.45, 7) is 2.22. The minimum absolute atomic E-state index is 0.115. The second-order valence-corrected chi connectivity index (χ2v) is 5.53. The normalized spacial score (nSPS) is 20.3. The van der Waals surface area contributed by atoms with Gasteiger partial charge >= 0.3 is 0 Å². The van der Waals surface area contributed by atoms with Crippen LogP contribution in [-0.2, 0) is 7.05 Å². The van der Waals surface area contributed by atoms with E-state index in [-0.39, 0.29) is 5.54 Å². The van der Waals surface area contributed by atoms with Crippen molar-refractivity contribution in [3.8, 4) is 0 Å². The Kier molecular flexibility index (Phi) is 2.90. The highest BCUT2D eigenvalue weighted by Gasteiger charge is 2.40. The standard InChI is InChI=1S/C11H18BrN3/c1-3-8(6-11(13)4-5-11)10-9(12)7-14-15(10)2/h7-8H,3-6,13H2,1-2H3. The topological polar surface area (TPSA) is 43.8 Å². The molecule has 0 spiro atoms. The number of hydrogen-bond donors (Lipinski definition) is 1. The molecule has 15 heavy (non-hydrogen) atoms. The number of aryl methyl sites for hydroxylation is 1. The van der Waals surface area contributed by atoms with Gasteiger partial charge in [-0.25, -0.2) is 0 Å². The minimum atomic E-state index is 0.115. The summed E-state index contributed by atoms with van der Waals surface area (Å²) in [6.07, 6.45) is 6.44. The molecule has 1 aliphatic rings. The molecule has 2 rings (SSSR count). The summed E-state index contributed by atoms with van der Waals surface area (Å²) >= 11 is 3.56. The van der Waals surface area contributed by atoms with Crippen molar-refractivity contribution in [1.82, 2.24) is 9.78 Å². The molecule has 1 aromatic heterocycles. The van der Waals surface area contributed by atoms with E-state index in [0.717, 1.165) is 17.3 Å². The Morgan fingerprint density at radius 1 is 1.67 bits per heavy atom. The van der Waals surface area contributed by atoms with E-state index < -0.39 is 0 Å². The summed E-state index contributed by atoms with van der Waals surface area (Å²) < 4.78 is 3.07. The molecule has 1 aliphatic carbocycles. The Bertz CT molecular complexity index is 335. The summed E-state index contributed by atoms with van der Waals surface area (Å²) in [7, 11) is 2.00. The molecule has 0 aliphatic heterocycles. The molecule has 1 heterocycles. The largest absolute Gasteiger partial charge is 0.325 e. The predicted octanol–water partition coefficient (Wildman–Crippen LogP) is 2.56. The van der Waals surface area contributed by atoms with Crippen LogP contribution in [0.4, 0.5) is 0 Å². The zero-order valence-corrected chi connectivity index (χ0v) is 10.9. The van der Waals surface area contributed by atoms with Crippen LogP contribution in [0.5, 0.6) is 0 Å². The second kappa shape index (κ2) is 3.91. The minimum Gasteiger partial charge on any atom is -0.325 e. The van der Waals surface area contributed by atoms with E-state index in [0.29, 0.717) is 5.92 Å². The third-order valence-corrected chi connectivity index (χ3v) is 3.97. The average molecular weight is 272 g/mol. The number of halogens is 1. The van der Waals surface area contributed by atoms with Crippen LogP contribution >= 0.6 is 15.9 Å². The van der Waals surface area contributed by atoms with Crippen LogP contribution in [-0.4, -0.2) is 15.3 Å². The van der Waals surface area contributed by atoms with Crippen LogP contribution in [0.2, 0.25) is 0 Å². The zero-order chi connectivity index (χ0) is 11.1. The monoisotopic (exact) mass is 271 g/mol. The van der Waals surface area contributed by atoms with Gasteiger partial charge in [-0.2, -0.15) is 5.10 Å². The first kappa shape index (κ1) is 11.1. The molecule has 0 amide bonds. The molecule has 1 fully saturated rings. The first-order valence-corrected chi connectivity index (χ1v) is 6.31. The Hall–Kier alpha value is -0.350. The van der Waals surface area contributed by atoms with Gasteiger partial charge in [-0.15, -0.1) is 0 Å². The molecular formula is C11H18BrN3. The van der Waals surface area contributed by atoms with Gasteiger partial charge in [0, 0.05) is 18.5 Å². The van der Waals surface area contributed by atoms with E-state index in [1.165, 1.54) is 18.5 Å². The van der Waals surface area contributed by atoms with Crippen molar-refractivity contribution in [1.29, 1.82) is 0 Å². The van der Waals surface area contributed by atoms with Crippen LogP contribution in [0.25, 0.3) is 0 Å². The van der Waals surface area contributed by atoms with Gasteiger partial charge in [0.1, 0.15) is 0 Å². The molecule has 0 aromatic carbocycles. The van der Waals surface area contributed by atoms with Crippen molar-refractivity contribution < 1.29 is 0 Å². The molecule has 1 unspecified atom stereocenters. The Labute approximate surface area is 99.2 Å². The molecule has 1 aromatic rings. The van der Waals surface area contributed by atoms with Crippen LogP contribution in [0, 0.1) is 0 Å². The number of aromatic nitrogens is 2. The van der Waals surface area contributed by atoms with E-state index >= 15 is 0 Å². The molecule has 4 heteroatoms. The van der Waals surface area contributed by atoms with E-state index in [4.69, 9.17) is 5.73 Å². The lowest BCUT2D eigenvalue weighted by molar-refractivity contribution is 0.477. The summed E-state index contributed by atoms with van der Waals surface area (Å²) in [6, 6.07) is 0. The lowest BCUT2D eigenvalue weighted by atomic mass is 9.93. The molecular weight excluding hydrogens is 254 g/mol. The lowest BCUT2D eigenvalue weighted by Crippen LogP contribution is -2.25. The molecule has 1 saturated carbocycles. The van der Waals surface area contributed by atoms with Crippen LogP contribution in [0.3, 0.4) is 0 Å². The Balaban J connectivity index is 2.18. The highest BCUT2D eigenvalue weighted by Crippen LogP contribution is 2.43. The smallest absolute Gasteiger partial charge is 0.0635 e. The van der Waals surface area contributed by atoms with E-state index in [1.807, 2.05) is 17.9 Å². The number of rotatable bonds is 4. The predicted molar refractivity (Wildman–Crippen MR) is 64.7 cm³/mol. The lowest BCUT2D eigenvalue weighted by Gasteiger charge is -2.19. The fraction of sp³-hybridized carbons (Fsp3) is 0.727. The third-order valence-electron chi connectivity index (χ3n) is 3.36. The van der Waals surface area contributed by atoms with Gasteiger partial charge in [-0.3, -0.25) is 4.68 Å². The maximum Gasteiger partial charge on any atom is 0.0635 e. The highest BCUT2D eigenvalue weighted by atomic mass is 79.9. The van der Waals surface area contributed by atoms with Crippen molar-refractivity contribution in [3.05, 3.63) is 16.4 Å². The molecule has 0 saturated heterocycles. The van der Waals surface area contributed by atoms with E-state index in [2.05, 4.69) is 28.0 Å². The second-order valence-electron chi connectivity index (χ2n) is 4.67. The van der Waals surface area contributed by atoms with Crippen LogP contribution in [0.1, 0.15) is 44.2 Å². The maximum atomic E-state index is 6.18. The van der Waals surface area contributed by atoms with Crippen molar-refractivity contribution in [2.45, 2.75) is 44.1 Å². The Morgan fingerprint density at radius 2 is 2.33 bits per heavy atom. The van der Waals surface area contributed by atoms with E-state index in [9.17, 15) is 0 Å². The fourth-order valence-corrected chi connectivity index (χ4v) is 2.84. The van der Waals surface area contributed by atoms with Crippen LogP contribution < -0.4 is 5.73 Å². The van der Waals surface area contributed by atoms with Gasteiger partial charge in [-0.1, -0.05) is 6.92 Å². The van der Waals surface area contributed by atoms with Gasteiger partial charge < -0.3 is 5.73 Å². The average Bonchev–Trinajstić information content (AvgIpc) is 2.83. The molecule has 2 N–H and O–H groups in total. The van der Waals surface area contributed by atoms with Crippen LogP contribution in [0.15, 0.2) is 10.7 Å². The number of nitrogens with zero attached hydrogens (tertiary/aromatic N) is 2. The summed E-state index contributed by atoms with van der Waals surface area (Å²) in [5, 5.41) is 4.26.